The molecule has 30 heavy (non-hydrogen) atoms. The largest absolute Gasteiger partial charge is 0.425 e. The number of hydrogen-bond donors (Lipinski definition) is 0. The van der Waals surface area contributed by atoms with Gasteiger partial charge < -0.3 is 4.74 Å². The third-order valence-electron chi connectivity index (χ3n) is 4.93. The van der Waals surface area contributed by atoms with Gasteiger partial charge in [0.15, 0.2) is 5.65 Å². The molecule has 5 aromatic rings. The number of aryl methyl sites for hydroxylation is 1. The van der Waals surface area contributed by atoms with Gasteiger partial charge in [-0.3, -0.25) is 9.25 Å². The van der Waals surface area contributed by atoms with Gasteiger partial charge in [0, 0.05) is 30.9 Å². The summed E-state index contributed by atoms with van der Waals surface area (Å²) in [5.41, 5.74) is 4.45. The molecule has 4 aromatic heterocycles. The molecule has 0 unspecified atom stereocenters. The highest BCUT2D eigenvalue weighted by atomic mass is 19.1. The molecule has 0 bridgehead atoms. The molecule has 0 radical (unpaired) electrons. The summed E-state index contributed by atoms with van der Waals surface area (Å²) in [6.07, 6.45) is 2.94. The van der Waals surface area contributed by atoms with Crippen LogP contribution in [0.3, 0.4) is 0 Å². The minimum atomic E-state index is -0.378. The lowest BCUT2D eigenvalue weighted by atomic mass is 10.1. The summed E-state index contributed by atoms with van der Waals surface area (Å²) < 4.78 is 23.3. The quantitative estimate of drug-likeness (QED) is 0.428. The van der Waals surface area contributed by atoms with E-state index in [2.05, 4.69) is 20.1 Å². The minimum Gasteiger partial charge on any atom is -0.425 e. The first kappa shape index (κ1) is 18.2. The van der Waals surface area contributed by atoms with E-state index in [1.807, 2.05) is 57.3 Å². The van der Waals surface area contributed by atoms with Crippen molar-refractivity contribution in [1.29, 1.82) is 0 Å². The van der Waals surface area contributed by atoms with Crippen molar-refractivity contribution < 1.29 is 9.13 Å². The molecule has 0 spiro atoms. The molecule has 1 aromatic carbocycles. The SMILES string of the molecule is CC(C)n1nc(-c2ccc(Oc3nc4cccnc4n3C)cc2)c2ncc(F)cc21. The Morgan fingerprint density at radius 3 is 2.60 bits per heavy atom. The number of benzene rings is 1. The van der Waals surface area contributed by atoms with Crippen molar-refractivity contribution in [1.82, 2.24) is 29.3 Å². The van der Waals surface area contributed by atoms with Crippen LogP contribution in [-0.4, -0.2) is 29.3 Å². The fraction of sp³-hybridized carbons (Fsp3) is 0.182. The van der Waals surface area contributed by atoms with Gasteiger partial charge in [-0.1, -0.05) is 0 Å². The van der Waals surface area contributed by atoms with Crippen LogP contribution in [0.1, 0.15) is 19.9 Å². The van der Waals surface area contributed by atoms with Crippen LogP contribution in [0.25, 0.3) is 33.5 Å². The number of pyridine rings is 2. The third kappa shape index (κ3) is 2.97. The molecule has 0 saturated heterocycles. The molecule has 8 heteroatoms. The first-order valence-electron chi connectivity index (χ1n) is 9.61. The minimum absolute atomic E-state index is 0.0820. The standard InChI is InChI=1S/C22H19FN6O/c1-13(2)29-18-11-15(23)12-25-20(18)19(27-29)14-6-8-16(9-7-14)30-22-26-17-5-4-10-24-21(17)28(22)3/h4-13H,1-3H3. The fourth-order valence-corrected chi connectivity index (χ4v) is 3.46. The van der Waals surface area contributed by atoms with Gasteiger partial charge >= 0.3 is 6.01 Å². The molecule has 5 rings (SSSR count). The number of rotatable bonds is 4. The molecule has 0 saturated carbocycles. The lowest BCUT2D eigenvalue weighted by Crippen LogP contribution is -2.02. The fourth-order valence-electron chi connectivity index (χ4n) is 3.46. The Kier molecular flexibility index (Phi) is 4.20. The lowest BCUT2D eigenvalue weighted by Gasteiger charge is -2.06. The van der Waals surface area contributed by atoms with Gasteiger partial charge in [0.2, 0.25) is 0 Å². The molecule has 4 heterocycles. The van der Waals surface area contributed by atoms with E-state index < -0.39 is 0 Å². The molecule has 0 fully saturated rings. The van der Waals surface area contributed by atoms with Crippen LogP contribution in [0, 0.1) is 5.82 Å². The number of aromatic nitrogens is 6. The molecule has 0 aliphatic rings. The highest BCUT2D eigenvalue weighted by Crippen LogP contribution is 2.31. The Hall–Kier alpha value is -3.81. The number of nitrogens with zero attached hydrogens (tertiary/aromatic N) is 6. The van der Waals surface area contributed by atoms with E-state index in [9.17, 15) is 4.39 Å². The monoisotopic (exact) mass is 402 g/mol. The van der Waals surface area contributed by atoms with E-state index in [-0.39, 0.29) is 11.9 Å². The molecule has 0 aliphatic carbocycles. The summed E-state index contributed by atoms with van der Waals surface area (Å²) >= 11 is 0. The van der Waals surface area contributed by atoms with Crippen LogP contribution in [0.4, 0.5) is 4.39 Å². The zero-order valence-corrected chi connectivity index (χ0v) is 16.7. The zero-order valence-electron chi connectivity index (χ0n) is 16.7. The summed E-state index contributed by atoms with van der Waals surface area (Å²) in [6, 6.07) is 13.3. The maximum absolute atomic E-state index is 13.7. The van der Waals surface area contributed by atoms with Crippen molar-refractivity contribution in [3.63, 3.8) is 0 Å². The van der Waals surface area contributed by atoms with Crippen LogP contribution < -0.4 is 4.74 Å². The number of imidazole rings is 1. The molecule has 0 aliphatic heterocycles. The normalized spacial score (nSPS) is 11.6. The Morgan fingerprint density at radius 1 is 1.07 bits per heavy atom. The van der Waals surface area contributed by atoms with Gasteiger partial charge in [0.1, 0.15) is 28.3 Å². The van der Waals surface area contributed by atoms with Crippen LogP contribution >= 0.6 is 0 Å². The third-order valence-corrected chi connectivity index (χ3v) is 4.93. The van der Waals surface area contributed by atoms with E-state index in [4.69, 9.17) is 4.74 Å². The second-order valence-corrected chi connectivity index (χ2v) is 7.33. The smallest absolute Gasteiger partial charge is 0.303 e. The van der Waals surface area contributed by atoms with Gasteiger partial charge in [0.25, 0.3) is 0 Å². The van der Waals surface area contributed by atoms with Crippen molar-refractivity contribution in [3.05, 3.63) is 60.7 Å². The average molecular weight is 402 g/mol. The first-order valence-corrected chi connectivity index (χ1v) is 9.61. The van der Waals surface area contributed by atoms with Crippen LogP contribution in [-0.2, 0) is 7.05 Å². The Balaban J connectivity index is 1.50. The zero-order chi connectivity index (χ0) is 20.8. The van der Waals surface area contributed by atoms with E-state index in [1.54, 1.807) is 15.4 Å². The van der Waals surface area contributed by atoms with Crippen molar-refractivity contribution in [3.8, 4) is 23.0 Å². The van der Waals surface area contributed by atoms with Gasteiger partial charge in [-0.2, -0.15) is 10.1 Å². The van der Waals surface area contributed by atoms with Crippen molar-refractivity contribution in [2.24, 2.45) is 7.05 Å². The number of fused-ring (bicyclic) bond motifs is 2. The number of ether oxygens (including phenoxy) is 1. The summed E-state index contributed by atoms with van der Waals surface area (Å²) in [5, 5.41) is 4.68. The molecule has 0 N–H and O–H groups in total. The predicted molar refractivity (Wildman–Crippen MR) is 112 cm³/mol. The highest BCUT2D eigenvalue weighted by molar-refractivity contribution is 5.90. The Labute approximate surface area is 171 Å². The summed E-state index contributed by atoms with van der Waals surface area (Å²) in [5.74, 6) is 0.264. The van der Waals surface area contributed by atoms with E-state index in [0.29, 0.717) is 28.5 Å². The maximum Gasteiger partial charge on any atom is 0.303 e. The second kappa shape index (κ2) is 6.91. The molecule has 0 atom stereocenters. The highest BCUT2D eigenvalue weighted by Gasteiger charge is 2.17. The number of halogens is 1. The maximum atomic E-state index is 13.7. The van der Waals surface area contributed by atoms with Crippen molar-refractivity contribution in [2.75, 3.05) is 0 Å². The summed E-state index contributed by atoms with van der Waals surface area (Å²) in [6.45, 7) is 4.01. The van der Waals surface area contributed by atoms with Gasteiger partial charge in [0.05, 0.1) is 11.7 Å². The van der Waals surface area contributed by atoms with Crippen LogP contribution in [0.15, 0.2) is 54.9 Å². The lowest BCUT2D eigenvalue weighted by molar-refractivity contribution is 0.427. The number of hydrogen-bond acceptors (Lipinski definition) is 5. The Morgan fingerprint density at radius 2 is 1.87 bits per heavy atom. The van der Waals surface area contributed by atoms with E-state index in [1.165, 1.54) is 12.3 Å². The van der Waals surface area contributed by atoms with Crippen LogP contribution in [0.2, 0.25) is 0 Å². The summed E-state index contributed by atoms with van der Waals surface area (Å²) in [7, 11) is 1.86. The molecular formula is C22H19FN6O. The second-order valence-electron chi connectivity index (χ2n) is 7.33. The average Bonchev–Trinajstić information content (AvgIpc) is 3.27. The first-order chi connectivity index (χ1) is 14.5. The van der Waals surface area contributed by atoms with Crippen LogP contribution in [0.5, 0.6) is 11.8 Å². The topological polar surface area (TPSA) is 70.7 Å². The molecule has 0 amide bonds. The van der Waals surface area contributed by atoms with Gasteiger partial charge in [-0.05, 0) is 50.2 Å². The summed E-state index contributed by atoms with van der Waals surface area (Å²) in [4.78, 5) is 13.1. The Bertz CT molecular complexity index is 1370. The van der Waals surface area contributed by atoms with E-state index >= 15 is 0 Å². The van der Waals surface area contributed by atoms with Gasteiger partial charge in [-0.25, -0.2) is 14.4 Å². The van der Waals surface area contributed by atoms with Crippen molar-refractivity contribution >= 4 is 22.2 Å². The molecular weight excluding hydrogens is 383 g/mol. The van der Waals surface area contributed by atoms with Crippen molar-refractivity contribution in [2.45, 2.75) is 19.9 Å². The molecule has 7 nitrogen and oxygen atoms in total. The van der Waals surface area contributed by atoms with E-state index in [0.717, 1.165) is 16.7 Å². The van der Waals surface area contributed by atoms with Gasteiger partial charge in [-0.15, -0.1) is 0 Å². The molecule has 150 valence electrons. The predicted octanol–water partition coefficient (Wildman–Crippen LogP) is 4.89.